The molecule has 0 amide bonds. The molecule has 3 aromatic heterocycles. The molecule has 1 N–H and O–H groups in total. The Kier molecular flexibility index (Phi) is 3.43. The molecule has 22 heavy (non-hydrogen) atoms. The highest BCUT2D eigenvalue weighted by Gasteiger charge is 2.37. The molecule has 0 aliphatic heterocycles. The molecule has 6 heteroatoms. The SMILES string of the molecule is Cc1csc(C2(NCc3cnc4cnccn34)CCCC2)n1. The molecule has 1 aliphatic carbocycles. The summed E-state index contributed by atoms with van der Waals surface area (Å²) < 4.78 is 2.09. The van der Waals surface area contributed by atoms with Crippen molar-refractivity contribution in [2.75, 3.05) is 0 Å². The molecule has 0 saturated heterocycles. The van der Waals surface area contributed by atoms with E-state index < -0.39 is 0 Å². The highest BCUT2D eigenvalue weighted by Crippen LogP contribution is 2.40. The quantitative estimate of drug-likeness (QED) is 0.804. The number of aromatic nitrogens is 4. The van der Waals surface area contributed by atoms with Gasteiger partial charge in [0.05, 0.1) is 23.6 Å². The van der Waals surface area contributed by atoms with Gasteiger partial charge in [-0.05, 0) is 19.8 Å². The van der Waals surface area contributed by atoms with Crippen LogP contribution in [0.5, 0.6) is 0 Å². The average Bonchev–Trinajstić information content (AvgIpc) is 3.24. The van der Waals surface area contributed by atoms with E-state index in [4.69, 9.17) is 4.98 Å². The summed E-state index contributed by atoms with van der Waals surface area (Å²) in [6.07, 6.45) is 12.3. The van der Waals surface area contributed by atoms with Crippen LogP contribution in [-0.4, -0.2) is 19.4 Å². The fourth-order valence-electron chi connectivity index (χ4n) is 3.30. The molecule has 114 valence electrons. The summed E-state index contributed by atoms with van der Waals surface area (Å²) in [5, 5.41) is 7.17. The van der Waals surface area contributed by atoms with E-state index in [1.165, 1.54) is 17.8 Å². The molecule has 3 aromatic rings. The Morgan fingerprint density at radius 2 is 2.18 bits per heavy atom. The number of thiazole rings is 1. The smallest absolute Gasteiger partial charge is 0.155 e. The van der Waals surface area contributed by atoms with Crippen molar-refractivity contribution >= 4 is 17.0 Å². The molecule has 0 aromatic carbocycles. The fraction of sp³-hybridized carbons (Fsp3) is 0.438. The highest BCUT2D eigenvalue weighted by atomic mass is 32.1. The van der Waals surface area contributed by atoms with Crippen LogP contribution in [-0.2, 0) is 12.1 Å². The van der Waals surface area contributed by atoms with Crippen LogP contribution in [0.4, 0.5) is 0 Å². The van der Waals surface area contributed by atoms with E-state index in [1.807, 2.05) is 12.4 Å². The second kappa shape index (κ2) is 5.44. The van der Waals surface area contributed by atoms with E-state index >= 15 is 0 Å². The number of aryl methyl sites for hydroxylation is 1. The van der Waals surface area contributed by atoms with Gasteiger partial charge in [-0.25, -0.2) is 9.97 Å². The first kappa shape index (κ1) is 13.8. The van der Waals surface area contributed by atoms with Gasteiger partial charge in [-0.3, -0.25) is 14.7 Å². The molecule has 0 atom stereocenters. The predicted octanol–water partition coefficient (Wildman–Crippen LogP) is 3.05. The third-order valence-corrected chi connectivity index (χ3v) is 5.65. The molecule has 0 radical (unpaired) electrons. The van der Waals surface area contributed by atoms with Gasteiger partial charge in [0.1, 0.15) is 5.01 Å². The molecule has 4 rings (SSSR count). The molecule has 1 aliphatic rings. The lowest BCUT2D eigenvalue weighted by Crippen LogP contribution is -2.39. The lowest BCUT2D eigenvalue weighted by Gasteiger charge is -2.28. The van der Waals surface area contributed by atoms with Crippen LogP contribution >= 0.6 is 11.3 Å². The van der Waals surface area contributed by atoms with Crippen LogP contribution in [0.3, 0.4) is 0 Å². The normalized spacial score (nSPS) is 17.3. The van der Waals surface area contributed by atoms with Gasteiger partial charge in [0.2, 0.25) is 0 Å². The standard InChI is InChI=1S/C16H19N5S/c1-12-11-22-15(20-12)16(4-2-3-5-16)19-9-13-8-18-14-10-17-6-7-21(13)14/h6-8,10-11,19H,2-5,9H2,1H3. The van der Waals surface area contributed by atoms with Crippen molar-refractivity contribution in [2.24, 2.45) is 0 Å². The van der Waals surface area contributed by atoms with E-state index in [0.29, 0.717) is 0 Å². The Hall–Kier alpha value is -1.79. The molecule has 5 nitrogen and oxygen atoms in total. The number of fused-ring (bicyclic) bond motifs is 1. The fourth-order valence-corrected chi connectivity index (χ4v) is 4.34. The summed E-state index contributed by atoms with van der Waals surface area (Å²) in [6.45, 7) is 2.87. The molecule has 1 fully saturated rings. The summed E-state index contributed by atoms with van der Waals surface area (Å²) in [7, 11) is 0. The largest absolute Gasteiger partial charge is 0.300 e. The topological polar surface area (TPSA) is 55.1 Å². The first-order chi connectivity index (χ1) is 10.8. The van der Waals surface area contributed by atoms with E-state index in [2.05, 4.69) is 32.0 Å². The third-order valence-electron chi connectivity index (χ3n) is 4.49. The minimum Gasteiger partial charge on any atom is -0.300 e. The van der Waals surface area contributed by atoms with Crippen LogP contribution in [0.15, 0.2) is 30.2 Å². The minimum atomic E-state index is 0.0378. The van der Waals surface area contributed by atoms with Gasteiger partial charge < -0.3 is 0 Å². The maximum absolute atomic E-state index is 4.75. The summed E-state index contributed by atoms with van der Waals surface area (Å²) in [6, 6.07) is 0. The zero-order valence-electron chi connectivity index (χ0n) is 12.6. The highest BCUT2D eigenvalue weighted by molar-refractivity contribution is 7.09. The maximum atomic E-state index is 4.75. The lowest BCUT2D eigenvalue weighted by atomic mass is 9.98. The van der Waals surface area contributed by atoms with Crippen LogP contribution < -0.4 is 5.32 Å². The van der Waals surface area contributed by atoms with Gasteiger partial charge in [-0.2, -0.15) is 0 Å². The van der Waals surface area contributed by atoms with Crippen molar-refractivity contribution in [3.05, 3.63) is 46.6 Å². The van der Waals surface area contributed by atoms with Crippen molar-refractivity contribution in [3.8, 4) is 0 Å². The van der Waals surface area contributed by atoms with Crippen LogP contribution in [0.1, 0.15) is 42.1 Å². The third kappa shape index (κ3) is 2.32. The second-order valence-electron chi connectivity index (χ2n) is 5.99. The van der Waals surface area contributed by atoms with Gasteiger partial charge in [0.25, 0.3) is 0 Å². The number of rotatable bonds is 4. The van der Waals surface area contributed by atoms with E-state index in [9.17, 15) is 0 Å². The molecular formula is C16H19N5S. The first-order valence-electron chi connectivity index (χ1n) is 7.70. The van der Waals surface area contributed by atoms with E-state index in [0.717, 1.165) is 36.4 Å². The van der Waals surface area contributed by atoms with Gasteiger partial charge in [-0.15, -0.1) is 11.3 Å². The molecule has 0 unspecified atom stereocenters. The Morgan fingerprint density at radius 1 is 1.32 bits per heavy atom. The van der Waals surface area contributed by atoms with E-state index in [1.54, 1.807) is 23.7 Å². The van der Waals surface area contributed by atoms with Gasteiger partial charge in [-0.1, -0.05) is 12.8 Å². The molecule has 0 bridgehead atoms. The number of nitrogens with one attached hydrogen (secondary N) is 1. The number of imidazole rings is 1. The zero-order valence-corrected chi connectivity index (χ0v) is 13.4. The van der Waals surface area contributed by atoms with Crippen molar-refractivity contribution in [3.63, 3.8) is 0 Å². The van der Waals surface area contributed by atoms with Crippen LogP contribution in [0, 0.1) is 6.92 Å². The Balaban J connectivity index is 1.60. The van der Waals surface area contributed by atoms with Crippen molar-refractivity contribution < 1.29 is 0 Å². The lowest BCUT2D eigenvalue weighted by molar-refractivity contribution is 0.335. The van der Waals surface area contributed by atoms with Crippen molar-refractivity contribution in [1.29, 1.82) is 0 Å². The predicted molar refractivity (Wildman–Crippen MR) is 86.8 cm³/mol. The van der Waals surface area contributed by atoms with E-state index in [-0.39, 0.29) is 5.54 Å². The summed E-state index contributed by atoms with van der Waals surface area (Å²) in [5.74, 6) is 0. The van der Waals surface area contributed by atoms with Crippen molar-refractivity contribution in [2.45, 2.75) is 44.7 Å². The van der Waals surface area contributed by atoms with Gasteiger partial charge in [0, 0.05) is 30.0 Å². The average molecular weight is 313 g/mol. The minimum absolute atomic E-state index is 0.0378. The van der Waals surface area contributed by atoms with Gasteiger partial charge >= 0.3 is 0 Å². The summed E-state index contributed by atoms with van der Waals surface area (Å²) in [5.41, 5.74) is 3.21. The number of hydrogen-bond acceptors (Lipinski definition) is 5. The molecule has 0 spiro atoms. The zero-order chi connectivity index (χ0) is 15.0. The Morgan fingerprint density at radius 3 is 2.95 bits per heavy atom. The molecular weight excluding hydrogens is 294 g/mol. The molecule has 1 saturated carbocycles. The monoisotopic (exact) mass is 313 g/mol. The van der Waals surface area contributed by atoms with Crippen LogP contribution in [0.2, 0.25) is 0 Å². The summed E-state index contributed by atoms with van der Waals surface area (Å²) in [4.78, 5) is 13.3. The Labute approximate surface area is 133 Å². The maximum Gasteiger partial charge on any atom is 0.155 e. The number of hydrogen-bond donors (Lipinski definition) is 1. The number of nitrogens with zero attached hydrogens (tertiary/aromatic N) is 4. The first-order valence-corrected chi connectivity index (χ1v) is 8.58. The second-order valence-corrected chi connectivity index (χ2v) is 6.85. The molecule has 3 heterocycles. The van der Waals surface area contributed by atoms with Gasteiger partial charge in [0.15, 0.2) is 5.65 Å². The van der Waals surface area contributed by atoms with Crippen LogP contribution in [0.25, 0.3) is 5.65 Å². The van der Waals surface area contributed by atoms with Crippen molar-refractivity contribution in [1.82, 2.24) is 24.7 Å². The Bertz CT molecular complexity index is 785. The summed E-state index contributed by atoms with van der Waals surface area (Å²) >= 11 is 1.78.